The first-order chi connectivity index (χ1) is 8.61. The van der Waals surface area contributed by atoms with Crippen LogP contribution in [0.2, 0.25) is 5.28 Å². The molecule has 0 aliphatic heterocycles. The number of hydrogen-bond donors (Lipinski definition) is 0. The van der Waals surface area contributed by atoms with E-state index in [1.165, 1.54) is 0 Å². The van der Waals surface area contributed by atoms with E-state index in [2.05, 4.69) is 9.97 Å². The van der Waals surface area contributed by atoms with Gasteiger partial charge in [-0.05, 0) is 37.6 Å². The molecule has 0 unspecified atom stereocenters. The van der Waals surface area contributed by atoms with Crippen LogP contribution in [-0.2, 0) is 0 Å². The second-order valence-corrected chi connectivity index (χ2v) is 4.23. The van der Waals surface area contributed by atoms with E-state index in [1.54, 1.807) is 4.90 Å². The monoisotopic (exact) mass is 265 g/mol. The van der Waals surface area contributed by atoms with Gasteiger partial charge in [-0.2, -0.15) is 4.98 Å². The Morgan fingerprint density at radius 3 is 2.56 bits per heavy atom. The highest BCUT2D eigenvalue weighted by molar-refractivity contribution is 6.28. The molecule has 5 heteroatoms. The van der Waals surface area contributed by atoms with Crippen LogP contribution >= 0.6 is 11.6 Å². The summed E-state index contributed by atoms with van der Waals surface area (Å²) in [6.45, 7) is 4.52. The first-order valence-electron chi connectivity index (χ1n) is 5.64. The molecular weight excluding hydrogens is 253 g/mol. The predicted octanol–water partition coefficient (Wildman–Crippen LogP) is 3.74. The maximum atomic E-state index is 13.7. The van der Waals surface area contributed by atoms with Gasteiger partial charge in [-0.25, -0.2) is 9.37 Å². The molecule has 0 saturated carbocycles. The number of aromatic nitrogens is 2. The molecule has 0 atom stereocenters. The van der Waals surface area contributed by atoms with E-state index in [-0.39, 0.29) is 11.1 Å². The lowest BCUT2D eigenvalue weighted by atomic mass is 10.2. The van der Waals surface area contributed by atoms with E-state index in [0.29, 0.717) is 6.54 Å². The highest BCUT2D eigenvalue weighted by Crippen LogP contribution is 2.26. The third-order valence-corrected chi connectivity index (χ3v) is 2.80. The first-order valence-corrected chi connectivity index (χ1v) is 6.02. The minimum Gasteiger partial charge on any atom is -0.324 e. The van der Waals surface area contributed by atoms with Gasteiger partial charge in [0.25, 0.3) is 0 Å². The van der Waals surface area contributed by atoms with E-state index >= 15 is 0 Å². The van der Waals surface area contributed by atoms with Crippen molar-refractivity contribution in [2.45, 2.75) is 13.8 Å². The third kappa shape index (κ3) is 2.59. The van der Waals surface area contributed by atoms with Crippen LogP contribution in [0.4, 0.5) is 15.9 Å². The molecule has 0 amide bonds. The van der Waals surface area contributed by atoms with Crippen molar-refractivity contribution in [3.05, 3.63) is 47.1 Å². The Kier molecular flexibility index (Phi) is 3.77. The number of halogens is 2. The van der Waals surface area contributed by atoms with Crippen molar-refractivity contribution in [1.82, 2.24) is 9.97 Å². The van der Waals surface area contributed by atoms with E-state index in [1.807, 2.05) is 38.1 Å². The molecule has 1 aromatic heterocycles. The summed E-state index contributed by atoms with van der Waals surface area (Å²) in [6, 6.07) is 7.79. The number of nitrogens with zero attached hydrogens (tertiary/aromatic N) is 3. The lowest BCUT2D eigenvalue weighted by Crippen LogP contribution is -2.19. The molecule has 1 heterocycles. The van der Waals surface area contributed by atoms with Crippen molar-refractivity contribution in [3.63, 3.8) is 0 Å². The molecule has 94 valence electrons. The van der Waals surface area contributed by atoms with Crippen LogP contribution in [0.3, 0.4) is 0 Å². The van der Waals surface area contributed by atoms with Gasteiger partial charge in [0.15, 0.2) is 11.6 Å². The zero-order valence-corrected chi connectivity index (χ0v) is 10.9. The summed E-state index contributed by atoms with van der Waals surface area (Å²) in [5.41, 5.74) is 2.02. The number of hydrogen-bond acceptors (Lipinski definition) is 3. The highest BCUT2D eigenvalue weighted by atomic mass is 35.5. The van der Waals surface area contributed by atoms with Gasteiger partial charge in [-0.15, -0.1) is 0 Å². The number of aryl methyl sites for hydroxylation is 1. The fraction of sp³-hybridized carbons (Fsp3) is 0.231. The van der Waals surface area contributed by atoms with Gasteiger partial charge in [0, 0.05) is 12.2 Å². The normalized spacial score (nSPS) is 10.4. The lowest BCUT2D eigenvalue weighted by Gasteiger charge is -2.22. The molecular formula is C13H13ClFN3. The van der Waals surface area contributed by atoms with Gasteiger partial charge >= 0.3 is 0 Å². The Morgan fingerprint density at radius 2 is 1.94 bits per heavy atom. The standard InChI is InChI=1S/C13H13ClFN3/c1-3-18(10-6-4-9(2)5-7-10)12-11(15)8-16-13(14)17-12/h4-8H,3H2,1-2H3. The molecule has 0 aliphatic rings. The quantitative estimate of drug-likeness (QED) is 0.792. The molecule has 2 rings (SSSR count). The minimum absolute atomic E-state index is 0.0389. The summed E-state index contributed by atoms with van der Waals surface area (Å²) in [5, 5.41) is 0.0389. The van der Waals surface area contributed by atoms with Gasteiger partial charge in [-0.3, -0.25) is 0 Å². The molecule has 0 saturated heterocycles. The molecule has 0 fully saturated rings. The van der Waals surface area contributed by atoms with Crippen molar-refractivity contribution in [1.29, 1.82) is 0 Å². The summed E-state index contributed by atoms with van der Waals surface area (Å²) >= 11 is 5.72. The zero-order chi connectivity index (χ0) is 13.1. The summed E-state index contributed by atoms with van der Waals surface area (Å²) in [5.74, 6) is -0.289. The summed E-state index contributed by atoms with van der Waals surface area (Å²) in [4.78, 5) is 9.32. The van der Waals surface area contributed by atoms with Gasteiger partial charge in [-0.1, -0.05) is 17.7 Å². The van der Waals surface area contributed by atoms with E-state index in [9.17, 15) is 4.39 Å². The number of rotatable bonds is 3. The predicted molar refractivity (Wildman–Crippen MR) is 70.9 cm³/mol. The Hall–Kier alpha value is -1.68. The topological polar surface area (TPSA) is 29.0 Å². The van der Waals surface area contributed by atoms with E-state index < -0.39 is 5.82 Å². The molecule has 3 nitrogen and oxygen atoms in total. The van der Waals surface area contributed by atoms with Gasteiger partial charge < -0.3 is 4.90 Å². The Morgan fingerprint density at radius 1 is 1.28 bits per heavy atom. The Bertz CT molecular complexity index is 542. The van der Waals surface area contributed by atoms with Crippen molar-refractivity contribution >= 4 is 23.1 Å². The fourth-order valence-corrected chi connectivity index (χ4v) is 1.83. The van der Waals surface area contributed by atoms with Crippen LogP contribution in [0.15, 0.2) is 30.5 Å². The maximum Gasteiger partial charge on any atom is 0.224 e. The molecule has 0 aliphatic carbocycles. The molecule has 0 spiro atoms. The Balaban J connectivity index is 2.44. The highest BCUT2D eigenvalue weighted by Gasteiger charge is 2.14. The van der Waals surface area contributed by atoms with Crippen molar-refractivity contribution < 1.29 is 4.39 Å². The first kappa shape index (κ1) is 12.8. The largest absolute Gasteiger partial charge is 0.324 e. The summed E-state index contributed by atoms with van der Waals surface area (Å²) in [7, 11) is 0. The molecule has 18 heavy (non-hydrogen) atoms. The van der Waals surface area contributed by atoms with Crippen LogP contribution in [0.1, 0.15) is 12.5 Å². The van der Waals surface area contributed by atoms with E-state index in [0.717, 1.165) is 17.4 Å². The molecule has 0 N–H and O–H groups in total. The molecule has 0 radical (unpaired) electrons. The van der Waals surface area contributed by atoms with E-state index in [4.69, 9.17) is 11.6 Å². The second-order valence-electron chi connectivity index (χ2n) is 3.89. The van der Waals surface area contributed by atoms with Crippen LogP contribution in [0.25, 0.3) is 0 Å². The molecule has 0 bridgehead atoms. The van der Waals surface area contributed by atoms with Crippen LogP contribution in [0.5, 0.6) is 0 Å². The third-order valence-electron chi connectivity index (χ3n) is 2.61. The summed E-state index contributed by atoms with van der Waals surface area (Å²) in [6.07, 6.45) is 1.08. The minimum atomic E-state index is -0.484. The van der Waals surface area contributed by atoms with Crippen LogP contribution < -0.4 is 4.90 Å². The maximum absolute atomic E-state index is 13.7. The molecule has 2 aromatic rings. The number of benzene rings is 1. The lowest BCUT2D eigenvalue weighted by molar-refractivity contribution is 0.611. The number of anilines is 2. The van der Waals surface area contributed by atoms with Crippen LogP contribution in [0, 0.1) is 12.7 Å². The average Bonchev–Trinajstić information content (AvgIpc) is 2.37. The second kappa shape index (κ2) is 5.31. The van der Waals surface area contributed by atoms with Crippen LogP contribution in [-0.4, -0.2) is 16.5 Å². The summed E-state index contributed by atoms with van der Waals surface area (Å²) < 4.78 is 13.7. The van der Waals surface area contributed by atoms with Gasteiger partial charge in [0.1, 0.15) is 0 Å². The van der Waals surface area contributed by atoms with Crippen molar-refractivity contribution in [2.24, 2.45) is 0 Å². The zero-order valence-electron chi connectivity index (χ0n) is 10.2. The average molecular weight is 266 g/mol. The fourth-order valence-electron chi connectivity index (χ4n) is 1.71. The van der Waals surface area contributed by atoms with Gasteiger partial charge in [0.2, 0.25) is 5.28 Å². The van der Waals surface area contributed by atoms with Crippen molar-refractivity contribution in [3.8, 4) is 0 Å². The smallest absolute Gasteiger partial charge is 0.224 e. The van der Waals surface area contributed by atoms with Gasteiger partial charge in [0.05, 0.1) is 6.20 Å². The SMILES string of the molecule is CCN(c1ccc(C)cc1)c1nc(Cl)ncc1F. The van der Waals surface area contributed by atoms with Crippen molar-refractivity contribution in [2.75, 3.05) is 11.4 Å². The Labute approximate surface area is 110 Å². The molecule has 1 aromatic carbocycles.